The van der Waals surface area contributed by atoms with Crippen LogP contribution >= 0.6 is 0 Å². The smallest absolute Gasteiger partial charge is 0.243 e. The zero-order chi connectivity index (χ0) is 15.3. The van der Waals surface area contributed by atoms with Crippen LogP contribution in [0.5, 0.6) is 5.75 Å². The molecule has 1 saturated heterocycles. The van der Waals surface area contributed by atoms with Gasteiger partial charge in [-0.15, -0.1) is 0 Å². The molecule has 0 spiro atoms. The summed E-state index contributed by atoms with van der Waals surface area (Å²) < 4.78 is 44.4. The van der Waals surface area contributed by atoms with Crippen molar-refractivity contribution in [3.63, 3.8) is 0 Å². The number of nitrogens with zero attached hydrogens (tertiary/aromatic N) is 1. The van der Waals surface area contributed by atoms with Crippen LogP contribution in [-0.4, -0.2) is 39.0 Å². The number of nitrogens with two attached hydrogens (primary N) is 1. The first kappa shape index (κ1) is 15.9. The molecule has 1 aliphatic rings. The first-order valence-corrected chi connectivity index (χ1v) is 8.25. The summed E-state index contributed by atoms with van der Waals surface area (Å²) in [4.78, 5) is 0.231. The molecule has 21 heavy (non-hydrogen) atoms. The minimum Gasteiger partial charge on any atom is -0.487 e. The Hall–Kier alpha value is -1.44. The maximum Gasteiger partial charge on any atom is 0.243 e. The lowest BCUT2D eigenvalue weighted by Crippen LogP contribution is -2.27. The Morgan fingerprint density at radius 3 is 2.48 bits per heavy atom. The van der Waals surface area contributed by atoms with Crippen LogP contribution < -0.4 is 10.5 Å². The summed E-state index contributed by atoms with van der Waals surface area (Å²) in [6.45, 7) is 1.03. The zero-order valence-corrected chi connectivity index (χ0v) is 12.5. The second-order valence-electron chi connectivity index (χ2n) is 4.76. The van der Waals surface area contributed by atoms with Crippen molar-refractivity contribution in [3.05, 3.63) is 36.2 Å². The van der Waals surface area contributed by atoms with Crippen LogP contribution in [0.1, 0.15) is 12.8 Å². The van der Waals surface area contributed by atoms with Crippen molar-refractivity contribution in [2.75, 3.05) is 26.2 Å². The average Bonchev–Trinajstić information content (AvgIpc) is 3.01. The molecule has 0 amide bonds. The van der Waals surface area contributed by atoms with E-state index >= 15 is 0 Å². The molecule has 0 atom stereocenters. The summed E-state index contributed by atoms with van der Waals surface area (Å²) in [7, 11) is -3.42. The van der Waals surface area contributed by atoms with Crippen LogP contribution in [0, 0.1) is 0 Å². The van der Waals surface area contributed by atoms with Gasteiger partial charge >= 0.3 is 0 Å². The summed E-state index contributed by atoms with van der Waals surface area (Å²) in [6, 6.07) is 6.01. The van der Waals surface area contributed by atoms with Crippen molar-refractivity contribution in [1.29, 1.82) is 0 Å². The maximum absolute atomic E-state index is 13.1. The predicted octanol–water partition coefficient (Wildman–Crippen LogP) is 1.66. The number of ether oxygens (including phenoxy) is 1. The molecule has 0 radical (unpaired) electrons. The quantitative estimate of drug-likeness (QED) is 0.867. The lowest BCUT2D eigenvalue weighted by Gasteiger charge is -2.15. The second-order valence-corrected chi connectivity index (χ2v) is 6.70. The molecule has 7 heteroatoms. The molecular formula is C14H19FN2O3S. The van der Waals surface area contributed by atoms with E-state index in [0.29, 0.717) is 18.8 Å². The van der Waals surface area contributed by atoms with E-state index in [1.165, 1.54) is 34.6 Å². The van der Waals surface area contributed by atoms with E-state index in [0.717, 1.165) is 12.8 Å². The van der Waals surface area contributed by atoms with Gasteiger partial charge in [-0.25, -0.2) is 12.8 Å². The highest BCUT2D eigenvalue weighted by Crippen LogP contribution is 2.23. The van der Waals surface area contributed by atoms with E-state index in [4.69, 9.17) is 10.5 Å². The monoisotopic (exact) mass is 314 g/mol. The van der Waals surface area contributed by atoms with Crippen molar-refractivity contribution in [2.24, 2.45) is 5.73 Å². The third-order valence-electron chi connectivity index (χ3n) is 3.24. The Bertz CT molecular complexity index is 593. The Morgan fingerprint density at radius 2 is 1.90 bits per heavy atom. The molecule has 0 aromatic heterocycles. The van der Waals surface area contributed by atoms with E-state index < -0.39 is 15.9 Å². The van der Waals surface area contributed by atoms with Crippen LogP contribution in [0.25, 0.3) is 0 Å². The van der Waals surface area contributed by atoms with Gasteiger partial charge in [0.05, 0.1) is 4.90 Å². The number of benzene rings is 1. The normalized spacial score (nSPS) is 17.1. The van der Waals surface area contributed by atoms with E-state index in [2.05, 4.69) is 0 Å². The van der Waals surface area contributed by atoms with E-state index in [1.807, 2.05) is 0 Å². The second kappa shape index (κ2) is 7.02. The molecule has 2 rings (SSSR count). The molecule has 0 bridgehead atoms. The molecule has 0 aliphatic carbocycles. The SMILES string of the molecule is NCC=C(F)COc1ccc(S(=O)(=O)N2CCCC2)cc1. The van der Waals surface area contributed by atoms with Gasteiger partial charge in [-0.2, -0.15) is 4.31 Å². The molecule has 5 nitrogen and oxygen atoms in total. The molecule has 1 aromatic rings. The molecule has 2 N–H and O–H groups in total. The zero-order valence-electron chi connectivity index (χ0n) is 11.7. The third-order valence-corrected chi connectivity index (χ3v) is 5.16. The Balaban J connectivity index is 2.03. The lowest BCUT2D eigenvalue weighted by molar-refractivity contribution is 0.318. The Morgan fingerprint density at radius 1 is 1.29 bits per heavy atom. The molecule has 116 valence electrons. The molecule has 1 aromatic carbocycles. The molecule has 0 unspecified atom stereocenters. The van der Waals surface area contributed by atoms with E-state index in [9.17, 15) is 12.8 Å². The van der Waals surface area contributed by atoms with Crippen LogP contribution in [0.3, 0.4) is 0 Å². The largest absolute Gasteiger partial charge is 0.487 e. The summed E-state index contributed by atoms with van der Waals surface area (Å²) in [5, 5.41) is 0. The molecule has 0 saturated carbocycles. The van der Waals surface area contributed by atoms with Gasteiger partial charge in [0.2, 0.25) is 10.0 Å². The van der Waals surface area contributed by atoms with Crippen molar-refractivity contribution in [2.45, 2.75) is 17.7 Å². The summed E-state index contributed by atoms with van der Waals surface area (Å²) in [5.41, 5.74) is 5.18. The highest BCUT2D eigenvalue weighted by molar-refractivity contribution is 7.89. The van der Waals surface area contributed by atoms with Gasteiger partial charge in [0.25, 0.3) is 0 Å². The summed E-state index contributed by atoms with van der Waals surface area (Å²) in [6.07, 6.45) is 3.02. The first-order valence-electron chi connectivity index (χ1n) is 6.81. The van der Waals surface area contributed by atoms with Gasteiger partial charge in [0.1, 0.15) is 18.2 Å². The number of halogens is 1. The van der Waals surface area contributed by atoms with Crippen LogP contribution in [0.4, 0.5) is 4.39 Å². The lowest BCUT2D eigenvalue weighted by atomic mass is 10.3. The topological polar surface area (TPSA) is 72.6 Å². The molecular weight excluding hydrogens is 295 g/mol. The van der Waals surface area contributed by atoms with Crippen LogP contribution in [0.15, 0.2) is 41.1 Å². The maximum atomic E-state index is 13.1. The first-order chi connectivity index (χ1) is 10.0. The van der Waals surface area contributed by atoms with E-state index in [-0.39, 0.29) is 18.0 Å². The Kier molecular flexibility index (Phi) is 5.33. The van der Waals surface area contributed by atoms with Gasteiger partial charge in [0, 0.05) is 19.6 Å². The van der Waals surface area contributed by atoms with Crippen LogP contribution in [0.2, 0.25) is 0 Å². The van der Waals surface area contributed by atoms with Gasteiger partial charge in [0.15, 0.2) is 0 Å². The van der Waals surface area contributed by atoms with Gasteiger partial charge in [-0.1, -0.05) is 0 Å². The van der Waals surface area contributed by atoms with Crippen molar-refractivity contribution in [1.82, 2.24) is 4.31 Å². The van der Waals surface area contributed by atoms with Crippen LogP contribution in [-0.2, 0) is 10.0 Å². The Labute approximate surface area is 124 Å². The van der Waals surface area contributed by atoms with Gasteiger partial charge in [-0.05, 0) is 43.2 Å². The average molecular weight is 314 g/mol. The third kappa shape index (κ3) is 4.03. The number of rotatable bonds is 6. The molecule has 1 aliphatic heterocycles. The van der Waals surface area contributed by atoms with Gasteiger partial charge < -0.3 is 10.5 Å². The molecule has 1 heterocycles. The highest BCUT2D eigenvalue weighted by Gasteiger charge is 2.26. The van der Waals surface area contributed by atoms with E-state index in [1.54, 1.807) is 0 Å². The number of hydrogen-bond acceptors (Lipinski definition) is 4. The number of sulfonamides is 1. The molecule has 1 fully saturated rings. The fourth-order valence-electron chi connectivity index (χ4n) is 2.12. The summed E-state index contributed by atoms with van der Waals surface area (Å²) in [5.74, 6) is -0.0396. The van der Waals surface area contributed by atoms with Crippen molar-refractivity contribution >= 4 is 10.0 Å². The van der Waals surface area contributed by atoms with Crippen molar-refractivity contribution in [3.8, 4) is 5.75 Å². The minimum atomic E-state index is -3.42. The van der Waals surface area contributed by atoms with Crippen molar-refractivity contribution < 1.29 is 17.5 Å². The fraction of sp³-hybridized carbons (Fsp3) is 0.429. The fourth-order valence-corrected chi connectivity index (χ4v) is 3.64. The number of hydrogen-bond donors (Lipinski definition) is 1. The predicted molar refractivity (Wildman–Crippen MR) is 78.2 cm³/mol. The summed E-state index contributed by atoms with van der Waals surface area (Å²) >= 11 is 0. The van der Waals surface area contributed by atoms with Gasteiger partial charge in [-0.3, -0.25) is 0 Å². The highest BCUT2D eigenvalue weighted by atomic mass is 32.2. The minimum absolute atomic E-state index is 0.113. The standard InChI is InChI=1S/C14H19FN2O3S/c15-12(7-8-16)11-20-13-3-5-14(6-4-13)21(18,19)17-9-1-2-10-17/h3-7H,1-2,8-11,16H2.